The van der Waals surface area contributed by atoms with Crippen molar-refractivity contribution in [2.45, 2.75) is 30.2 Å². The van der Waals surface area contributed by atoms with E-state index in [0.717, 1.165) is 11.3 Å². The van der Waals surface area contributed by atoms with E-state index in [1.54, 1.807) is 12.1 Å². The number of hydrogen-bond donors (Lipinski definition) is 0. The van der Waals surface area contributed by atoms with Gasteiger partial charge in [0, 0.05) is 4.90 Å². The van der Waals surface area contributed by atoms with Crippen LogP contribution < -0.4 is 4.90 Å². The fourth-order valence-electron chi connectivity index (χ4n) is 1.64. The molecule has 0 aromatic heterocycles. The Morgan fingerprint density at radius 3 is 2.79 bits per heavy atom. The molecule has 0 spiro atoms. The standard InChI is InChI=1S/C10H11F2NS/c1-2-9-13(10(11)12)7-5-3-4-6-8(7)14-9/h3-6,9-10H,2H2,1H3. The Labute approximate surface area is 86.1 Å². The monoisotopic (exact) mass is 215 g/mol. The number of nitrogens with zero attached hydrogens (tertiary/aromatic N) is 1. The summed E-state index contributed by atoms with van der Waals surface area (Å²) in [4.78, 5) is 2.15. The number of anilines is 1. The number of benzene rings is 1. The molecule has 0 N–H and O–H groups in total. The fraction of sp³-hybridized carbons (Fsp3) is 0.400. The average molecular weight is 215 g/mol. The second kappa shape index (κ2) is 3.77. The molecule has 0 saturated carbocycles. The van der Waals surface area contributed by atoms with Crippen molar-refractivity contribution in [2.75, 3.05) is 4.90 Å². The van der Waals surface area contributed by atoms with Gasteiger partial charge in [-0.25, -0.2) is 0 Å². The first-order valence-corrected chi connectivity index (χ1v) is 5.44. The Kier molecular flexibility index (Phi) is 2.63. The van der Waals surface area contributed by atoms with Crippen LogP contribution in [0.3, 0.4) is 0 Å². The molecule has 0 radical (unpaired) electrons. The molecule has 1 nitrogen and oxygen atoms in total. The normalized spacial score (nSPS) is 20.3. The van der Waals surface area contributed by atoms with Gasteiger partial charge in [0.2, 0.25) is 0 Å². The quantitative estimate of drug-likeness (QED) is 0.694. The number of hydrogen-bond acceptors (Lipinski definition) is 2. The minimum absolute atomic E-state index is 0.118. The van der Waals surface area contributed by atoms with E-state index in [9.17, 15) is 8.78 Å². The summed E-state index contributed by atoms with van der Waals surface area (Å²) in [6.45, 7) is -0.477. The van der Waals surface area contributed by atoms with E-state index in [4.69, 9.17) is 0 Å². The lowest BCUT2D eigenvalue weighted by Gasteiger charge is -2.24. The Morgan fingerprint density at radius 1 is 1.43 bits per heavy atom. The van der Waals surface area contributed by atoms with E-state index in [-0.39, 0.29) is 5.37 Å². The number of rotatable bonds is 2. The smallest absolute Gasteiger partial charge is 0.302 e. The van der Waals surface area contributed by atoms with Crippen molar-refractivity contribution in [1.82, 2.24) is 0 Å². The van der Waals surface area contributed by atoms with E-state index in [2.05, 4.69) is 0 Å². The third kappa shape index (κ3) is 1.47. The van der Waals surface area contributed by atoms with Crippen LogP contribution in [0.1, 0.15) is 13.3 Å². The van der Waals surface area contributed by atoms with Crippen LogP contribution in [0.15, 0.2) is 29.2 Å². The molecule has 0 aliphatic carbocycles. The Hall–Kier alpha value is -0.770. The molecule has 0 amide bonds. The van der Waals surface area contributed by atoms with Crippen molar-refractivity contribution in [1.29, 1.82) is 0 Å². The van der Waals surface area contributed by atoms with Crippen molar-refractivity contribution >= 4 is 17.4 Å². The molecule has 0 saturated heterocycles. The second-order valence-corrected chi connectivity index (χ2v) is 4.35. The highest BCUT2D eigenvalue weighted by molar-refractivity contribution is 8.00. The predicted molar refractivity (Wildman–Crippen MR) is 54.9 cm³/mol. The SMILES string of the molecule is CCC1Sc2ccccc2N1C(F)F. The summed E-state index contributed by atoms with van der Waals surface area (Å²) >= 11 is 1.52. The summed E-state index contributed by atoms with van der Waals surface area (Å²) in [6, 6.07) is 7.33. The molecule has 1 heterocycles. The topological polar surface area (TPSA) is 3.24 Å². The molecule has 1 aromatic carbocycles. The third-order valence-corrected chi connectivity index (χ3v) is 3.71. The molecule has 76 valence electrons. The van der Waals surface area contributed by atoms with Crippen molar-refractivity contribution in [3.63, 3.8) is 0 Å². The number of alkyl halides is 2. The lowest BCUT2D eigenvalue weighted by molar-refractivity contribution is 0.139. The predicted octanol–water partition coefficient (Wildman–Crippen LogP) is 3.56. The van der Waals surface area contributed by atoms with Crippen molar-refractivity contribution in [3.05, 3.63) is 24.3 Å². The maximum absolute atomic E-state index is 12.8. The fourth-order valence-corrected chi connectivity index (χ4v) is 2.87. The second-order valence-electron chi connectivity index (χ2n) is 3.13. The van der Waals surface area contributed by atoms with Crippen molar-refractivity contribution in [2.24, 2.45) is 0 Å². The lowest BCUT2D eigenvalue weighted by atomic mass is 10.3. The van der Waals surface area contributed by atoms with Gasteiger partial charge in [-0.05, 0) is 18.6 Å². The van der Waals surface area contributed by atoms with E-state index in [1.165, 1.54) is 16.7 Å². The van der Waals surface area contributed by atoms with Gasteiger partial charge in [0.05, 0.1) is 11.1 Å². The maximum Gasteiger partial charge on any atom is 0.316 e. The molecule has 14 heavy (non-hydrogen) atoms. The molecule has 0 bridgehead atoms. The molecule has 1 aliphatic heterocycles. The summed E-state index contributed by atoms with van der Waals surface area (Å²) in [7, 11) is 0. The zero-order valence-corrected chi connectivity index (χ0v) is 8.60. The summed E-state index contributed by atoms with van der Waals surface area (Å²) in [5.74, 6) is 0. The van der Waals surface area contributed by atoms with Gasteiger partial charge in [-0.3, -0.25) is 0 Å². The van der Waals surface area contributed by atoms with Crippen LogP contribution in [0.25, 0.3) is 0 Å². The molecule has 4 heteroatoms. The van der Waals surface area contributed by atoms with Crippen LogP contribution in [0, 0.1) is 0 Å². The lowest BCUT2D eigenvalue weighted by Crippen LogP contribution is -2.33. The van der Waals surface area contributed by atoms with Gasteiger partial charge in [-0.2, -0.15) is 8.78 Å². The van der Waals surface area contributed by atoms with E-state index < -0.39 is 6.55 Å². The Bertz CT molecular complexity index is 330. The average Bonchev–Trinajstić information content (AvgIpc) is 2.55. The summed E-state index contributed by atoms with van der Waals surface area (Å²) in [5, 5.41) is -0.118. The number of halogens is 2. The third-order valence-electron chi connectivity index (χ3n) is 2.28. The molecule has 1 atom stereocenters. The van der Waals surface area contributed by atoms with Gasteiger partial charge in [-0.15, -0.1) is 0 Å². The molecular formula is C10H11F2NS. The van der Waals surface area contributed by atoms with Crippen molar-refractivity contribution in [3.8, 4) is 0 Å². The number of para-hydroxylation sites is 1. The first kappa shape index (κ1) is 9.77. The van der Waals surface area contributed by atoms with Crippen LogP contribution in [0.4, 0.5) is 14.5 Å². The highest BCUT2D eigenvalue weighted by Crippen LogP contribution is 2.45. The van der Waals surface area contributed by atoms with Crippen LogP contribution in [-0.2, 0) is 0 Å². The van der Waals surface area contributed by atoms with Gasteiger partial charge in [0.15, 0.2) is 0 Å². The van der Waals surface area contributed by atoms with Gasteiger partial charge < -0.3 is 4.90 Å². The zero-order chi connectivity index (χ0) is 10.1. The van der Waals surface area contributed by atoms with Gasteiger partial charge in [-0.1, -0.05) is 30.8 Å². The summed E-state index contributed by atoms with van der Waals surface area (Å²) < 4.78 is 25.5. The molecule has 1 unspecified atom stereocenters. The van der Waals surface area contributed by atoms with Crippen molar-refractivity contribution < 1.29 is 8.78 Å². The Morgan fingerprint density at radius 2 is 2.14 bits per heavy atom. The van der Waals surface area contributed by atoms with E-state index >= 15 is 0 Å². The molecule has 0 fully saturated rings. The maximum atomic E-state index is 12.8. The van der Waals surface area contributed by atoms with Gasteiger partial charge >= 0.3 is 6.55 Å². The van der Waals surface area contributed by atoms with E-state index in [1.807, 2.05) is 19.1 Å². The molecule has 2 rings (SSSR count). The zero-order valence-electron chi connectivity index (χ0n) is 7.78. The number of thioether (sulfide) groups is 1. The minimum atomic E-state index is -2.41. The summed E-state index contributed by atoms with van der Waals surface area (Å²) in [5.41, 5.74) is 0.666. The highest BCUT2D eigenvalue weighted by Gasteiger charge is 2.33. The van der Waals surface area contributed by atoms with E-state index in [0.29, 0.717) is 5.69 Å². The molecule has 1 aliphatic rings. The van der Waals surface area contributed by atoms with Crippen LogP contribution in [0.2, 0.25) is 0 Å². The van der Waals surface area contributed by atoms with Crippen LogP contribution >= 0.6 is 11.8 Å². The largest absolute Gasteiger partial charge is 0.316 e. The Balaban J connectivity index is 2.37. The van der Waals surface area contributed by atoms with Crippen LogP contribution in [-0.4, -0.2) is 11.9 Å². The first-order valence-electron chi connectivity index (χ1n) is 4.56. The first-order chi connectivity index (χ1) is 6.74. The van der Waals surface area contributed by atoms with Gasteiger partial charge in [0.25, 0.3) is 0 Å². The highest BCUT2D eigenvalue weighted by atomic mass is 32.2. The summed E-state index contributed by atoms with van der Waals surface area (Å²) in [6.07, 6.45) is 0.726. The molecular weight excluding hydrogens is 204 g/mol. The van der Waals surface area contributed by atoms with Gasteiger partial charge in [0.1, 0.15) is 0 Å². The molecule has 1 aromatic rings. The number of fused-ring (bicyclic) bond motifs is 1. The van der Waals surface area contributed by atoms with Crippen LogP contribution in [0.5, 0.6) is 0 Å². The minimum Gasteiger partial charge on any atom is -0.302 e.